The van der Waals surface area contributed by atoms with Crippen molar-refractivity contribution in [2.24, 2.45) is 5.92 Å². The fourth-order valence-corrected chi connectivity index (χ4v) is 3.03. The summed E-state index contributed by atoms with van der Waals surface area (Å²) in [5.74, 6) is -1.27. The predicted octanol–water partition coefficient (Wildman–Crippen LogP) is 2.64. The summed E-state index contributed by atoms with van der Waals surface area (Å²) in [5, 5.41) is 14.6. The molecule has 26 heavy (non-hydrogen) atoms. The van der Waals surface area contributed by atoms with E-state index < -0.39 is 17.9 Å². The molecule has 1 aliphatic carbocycles. The Hall–Kier alpha value is -2.63. The average molecular weight is 358 g/mol. The monoisotopic (exact) mass is 358 g/mol. The molecular formula is C20H26N2O4. The van der Waals surface area contributed by atoms with E-state index in [-0.39, 0.29) is 18.2 Å². The number of aliphatic carboxylic acids is 1. The zero-order valence-corrected chi connectivity index (χ0v) is 15.0. The number of amides is 2. The van der Waals surface area contributed by atoms with E-state index in [0.717, 1.165) is 31.2 Å². The normalized spacial score (nSPS) is 15.7. The van der Waals surface area contributed by atoms with Gasteiger partial charge in [-0.15, -0.1) is 0 Å². The second-order valence-corrected chi connectivity index (χ2v) is 6.57. The molecule has 2 amide bonds. The summed E-state index contributed by atoms with van der Waals surface area (Å²) in [6.07, 6.45) is 7.85. The van der Waals surface area contributed by atoms with Crippen LogP contribution >= 0.6 is 0 Å². The Morgan fingerprint density at radius 3 is 2.42 bits per heavy atom. The van der Waals surface area contributed by atoms with Crippen LogP contribution in [-0.2, 0) is 16.1 Å². The fourth-order valence-electron chi connectivity index (χ4n) is 3.03. The van der Waals surface area contributed by atoms with Crippen molar-refractivity contribution >= 4 is 17.8 Å². The van der Waals surface area contributed by atoms with Gasteiger partial charge in [-0.3, -0.25) is 9.59 Å². The molecule has 6 heteroatoms. The van der Waals surface area contributed by atoms with Gasteiger partial charge in [-0.05, 0) is 43.9 Å². The van der Waals surface area contributed by atoms with Gasteiger partial charge in [0.05, 0.1) is 0 Å². The van der Waals surface area contributed by atoms with Crippen LogP contribution in [0, 0.1) is 5.92 Å². The molecule has 1 aliphatic rings. The summed E-state index contributed by atoms with van der Waals surface area (Å²) >= 11 is 0. The van der Waals surface area contributed by atoms with Gasteiger partial charge in [0.15, 0.2) is 0 Å². The predicted molar refractivity (Wildman–Crippen MR) is 98.6 cm³/mol. The third-order valence-corrected chi connectivity index (χ3v) is 4.62. The molecule has 0 radical (unpaired) electrons. The van der Waals surface area contributed by atoms with Gasteiger partial charge < -0.3 is 15.7 Å². The number of carbonyl (C=O) groups is 3. The van der Waals surface area contributed by atoms with Gasteiger partial charge >= 0.3 is 5.97 Å². The highest BCUT2D eigenvalue weighted by atomic mass is 16.4. The molecule has 3 N–H and O–H groups in total. The number of carboxylic acid groups (broad SMARTS) is 1. The van der Waals surface area contributed by atoms with Crippen molar-refractivity contribution in [1.82, 2.24) is 10.6 Å². The van der Waals surface area contributed by atoms with Gasteiger partial charge in [-0.25, -0.2) is 4.79 Å². The zero-order valence-electron chi connectivity index (χ0n) is 15.0. The topological polar surface area (TPSA) is 95.5 Å². The van der Waals surface area contributed by atoms with Crippen LogP contribution in [0.1, 0.15) is 54.9 Å². The van der Waals surface area contributed by atoms with E-state index in [1.54, 1.807) is 43.3 Å². The molecular weight excluding hydrogens is 332 g/mol. The van der Waals surface area contributed by atoms with Crippen molar-refractivity contribution in [2.45, 2.75) is 51.6 Å². The molecule has 6 nitrogen and oxygen atoms in total. The minimum atomic E-state index is -1.07. The van der Waals surface area contributed by atoms with Crippen LogP contribution in [0.25, 0.3) is 0 Å². The van der Waals surface area contributed by atoms with Crippen LogP contribution in [0.15, 0.2) is 36.4 Å². The second-order valence-electron chi connectivity index (χ2n) is 6.57. The number of rotatable bonds is 8. The first-order valence-electron chi connectivity index (χ1n) is 9.02. The smallest absolute Gasteiger partial charge is 0.326 e. The molecule has 1 saturated carbocycles. The molecule has 0 aromatic heterocycles. The molecule has 140 valence electrons. The van der Waals surface area contributed by atoms with Gasteiger partial charge in [0, 0.05) is 18.0 Å². The maximum atomic E-state index is 12.2. The van der Waals surface area contributed by atoms with E-state index in [9.17, 15) is 14.4 Å². The van der Waals surface area contributed by atoms with E-state index >= 15 is 0 Å². The Morgan fingerprint density at radius 2 is 1.85 bits per heavy atom. The lowest BCUT2D eigenvalue weighted by molar-refractivity contribution is -0.139. The zero-order chi connectivity index (χ0) is 18.9. The van der Waals surface area contributed by atoms with Crippen LogP contribution < -0.4 is 10.6 Å². The Morgan fingerprint density at radius 1 is 1.19 bits per heavy atom. The first-order chi connectivity index (χ1) is 12.5. The minimum Gasteiger partial charge on any atom is -0.480 e. The van der Waals surface area contributed by atoms with E-state index in [1.165, 1.54) is 0 Å². The number of carbonyl (C=O) groups excluding carboxylic acids is 2. The molecule has 0 saturated heterocycles. The number of allylic oxidation sites excluding steroid dienone is 1. The number of carboxylic acids is 1. The molecule has 0 aliphatic heterocycles. The van der Waals surface area contributed by atoms with Gasteiger partial charge in [0.1, 0.15) is 6.04 Å². The average Bonchev–Trinajstić information content (AvgIpc) is 3.18. The molecule has 1 aromatic rings. The maximum Gasteiger partial charge on any atom is 0.326 e. The summed E-state index contributed by atoms with van der Waals surface area (Å²) < 4.78 is 0. The van der Waals surface area contributed by atoms with Crippen molar-refractivity contribution in [3.05, 3.63) is 47.5 Å². The molecule has 1 atom stereocenters. The van der Waals surface area contributed by atoms with Crippen LogP contribution in [-0.4, -0.2) is 28.9 Å². The van der Waals surface area contributed by atoms with Gasteiger partial charge in [-0.1, -0.05) is 37.1 Å². The summed E-state index contributed by atoms with van der Waals surface area (Å²) in [7, 11) is 0. The summed E-state index contributed by atoms with van der Waals surface area (Å²) in [6, 6.07) is 5.86. The highest BCUT2D eigenvalue weighted by molar-refractivity contribution is 5.96. The number of hydrogen-bond donors (Lipinski definition) is 3. The lowest BCUT2D eigenvalue weighted by atomic mass is 10.1. The van der Waals surface area contributed by atoms with E-state index in [1.807, 2.05) is 0 Å². The van der Waals surface area contributed by atoms with Gasteiger partial charge in [0.25, 0.3) is 5.91 Å². The molecule has 0 heterocycles. The third kappa shape index (κ3) is 5.72. The van der Waals surface area contributed by atoms with E-state index in [2.05, 4.69) is 10.6 Å². The van der Waals surface area contributed by atoms with Crippen molar-refractivity contribution in [1.29, 1.82) is 0 Å². The first kappa shape index (κ1) is 19.7. The van der Waals surface area contributed by atoms with Crippen LogP contribution in [0.5, 0.6) is 0 Å². The lowest BCUT2D eigenvalue weighted by Gasteiger charge is -2.13. The molecule has 1 fully saturated rings. The van der Waals surface area contributed by atoms with Crippen molar-refractivity contribution in [3.63, 3.8) is 0 Å². The van der Waals surface area contributed by atoms with Gasteiger partial charge in [0.2, 0.25) is 5.91 Å². The third-order valence-electron chi connectivity index (χ3n) is 4.62. The molecule has 0 spiro atoms. The van der Waals surface area contributed by atoms with E-state index in [4.69, 9.17) is 5.11 Å². The summed E-state index contributed by atoms with van der Waals surface area (Å²) in [5.41, 5.74) is 1.29. The quantitative estimate of drug-likeness (QED) is 0.623. The summed E-state index contributed by atoms with van der Waals surface area (Å²) in [4.78, 5) is 35.4. The fraction of sp³-hybridized carbons (Fsp3) is 0.450. The SMILES string of the molecule is C/C=C/CC(NC(=O)c1ccc(CNC(=O)C2CCCC2)cc1)C(=O)O. The lowest BCUT2D eigenvalue weighted by Crippen LogP contribution is -2.40. The molecule has 1 unspecified atom stereocenters. The highest BCUT2D eigenvalue weighted by Gasteiger charge is 2.22. The Labute approximate surface area is 153 Å². The largest absolute Gasteiger partial charge is 0.480 e. The number of hydrogen-bond acceptors (Lipinski definition) is 3. The number of benzene rings is 1. The van der Waals surface area contributed by atoms with Crippen molar-refractivity contribution in [2.75, 3.05) is 0 Å². The Balaban J connectivity index is 1.87. The van der Waals surface area contributed by atoms with Crippen molar-refractivity contribution in [3.8, 4) is 0 Å². The Kier molecular flexibility index (Phi) is 7.38. The molecule has 0 bridgehead atoms. The van der Waals surface area contributed by atoms with E-state index in [0.29, 0.717) is 12.1 Å². The standard InChI is InChI=1S/C20H26N2O4/c1-2-3-8-17(20(25)26)22-19(24)16-11-9-14(10-12-16)13-21-18(23)15-6-4-5-7-15/h2-3,9-12,15,17H,4-8,13H2,1H3,(H,21,23)(H,22,24)(H,25,26)/b3-2+. The first-order valence-corrected chi connectivity index (χ1v) is 9.02. The number of nitrogens with one attached hydrogen (secondary N) is 2. The summed E-state index contributed by atoms with van der Waals surface area (Å²) in [6.45, 7) is 2.22. The van der Waals surface area contributed by atoms with Crippen LogP contribution in [0.3, 0.4) is 0 Å². The van der Waals surface area contributed by atoms with Crippen molar-refractivity contribution < 1.29 is 19.5 Å². The minimum absolute atomic E-state index is 0.0950. The van der Waals surface area contributed by atoms with Gasteiger partial charge in [-0.2, -0.15) is 0 Å². The van der Waals surface area contributed by atoms with Crippen LogP contribution in [0.2, 0.25) is 0 Å². The molecule has 1 aromatic carbocycles. The Bertz CT molecular complexity index is 661. The highest BCUT2D eigenvalue weighted by Crippen LogP contribution is 2.24. The van der Waals surface area contributed by atoms with Crippen LogP contribution in [0.4, 0.5) is 0 Å². The second kappa shape index (κ2) is 9.75. The maximum absolute atomic E-state index is 12.2. The molecule has 2 rings (SSSR count).